The first kappa shape index (κ1) is 9.84. The van der Waals surface area contributed by atoms with Gasteiger partial charge in [-0.2, -0.15) is 0 Å². The number of benzene rings is 1. The van der Waals surface area contributed by atoms with Crippen LogP contribution in [0.15, 0.2) is 30.5 Å². The fraction of sp³-hybridized carbons (Fsp3) is 0.231. The SMILES string of the molecule is CC(=O)Cc1ccc2ccnc(C)c2c1. The lowest BCUT2D eigenvalue weighted by atomic mass is 10.0. The number of Topliss-reactive ketones (excluding diaryl/α,β-unsaturated/α-hetero) is 1. The van der Waals surface area contributed by atoms with Crippen LogP contribution in [-0.2, 0) is 11.2 Å². The van der Waals surface area contributed by atoms with E-state index in [1.807, 2.05) is 31.3 Å². The van der Waals surface area contributed by atoms with Crippen molar-refractivity contribution in [2.24, 2.45) is 0 Å². The average Bonchev–Trinajstić information content (AvgIpc) is 2.18. The Kier molecular flexibility index (Phi) is 2.50. The molecule has 0 aliphatic heterocycles. The average molecular weight is 199 g/mol. The van der Waals surface area contributed by atoms with Crippen molar-refractivity contribution in [1.82, 2.24) is 4.98 Å². The Morgan fingerprint density at radius 3 is 2.87 bits per heavy atom. The Hall–Kier alpha value is -1.70. The molecular formula is C13H13NO. The Balaban J connectivity index is 2.54. The van der Waals surface area contributed by atoms with Gasteiger partial charge in [-0.15, -0.1) is 0 Å². The quantitative estimate of drug-likeness (QED) is 0.744. The summed E-state index contributed by atoms with van der Waals surface area (Å²) in [7, 11) is 0. The standard InChI is InChI=1S/C13H13NO/c1-9(15)7-11-3-4-12-5-6-14-10(2)13(12)8-11/h3-6,8H,7H2,1-2H3. The van der Waals surface area contributed by atoms with Gasteiger partial charge in [-0.3, -0.25) is 9.78 Å². The van der Waals surface area contributed by atoms with E-state index in [2.05, 4.69) is 11.1 Å². The highest BCUT2D eigenvalue weighted by molar-refractivity contribution is 5.86. The van der Waals surface area contributed by atoms with E-state index in [0.717, 1.165) is 16.6 Å². The monoisotopic (exact) mass is 199 g/mol. The summed E-state index contributed by atoms with van der Waals surface area (Å²) in [6.45, 7) is 3.60. The lowest BCUT2D eigenvalue weighted by molar-refractivity contribution is -0.116. The minimum atomic E-state index is 0.191. The van der Waals surface area contributed by atoms with E-state index in [1.165, 1.54) is 5.39 Å². The van der Waals surface area contributed by atoms with Crippen LogP contribution >= 0.6 is 0 Å². The number of fused-ring (bicyclic) bond motifs is 1. The third kappa shape index (κ3) is 2.04. The first-order valence-electron chi connectivity index (χ1n) is 5.00. The molecule has 0 aliphatic rings. The summed E-state index contributed by atoms with van der Waals surface area (Å²) in [5, 5.41) is 2.31. The van der Waals surface area contributed by atoms with Gasteiger partial charge in [0.2, 0.25) is 0 Å². The molecule has 0 aliphatic carbocycles. The summed E-state index contributed by atoms with van der Waals surface area (Å²) in [4.78, 5) is 15.3. The van der Waals surface area contributed by atoms with Crippen LogP contribution in [-0.4, -0.2) is 10.8 Å². The molecule has 0 spiro atoms. The number of hydrogen-bond donors (Lipinski definition) is 0. The van der Waals surface area contributed by atoms with Crippen LogP contribution in [0.2, 0.25) is 0 Å². The number of aromatic nitrogens is 1. The first-order chi connectivity index (χ1) is 7.16. The van der Waals surface area contributed by atoms with Crippen molar-refractivity contribution >= 4 is 16.6 Å². The third-order valence-electron chi connectivity index (χ3n) is 2.48. The Labute approximate surface area is 89.0 Å². The Morgan fingerprint density at radius 2 is 2.13 bits per heavy atom. The van der Waals surface area contributed by atoms with E-state index in [0.29, 0.717) is 6.42 Å². The van der Waals surface area contributed by atoms with Crippen LogP contribution in [0.25, 0.3) is 10.8 Å². The van der Waals surface area contributed by atoms with Crippen molar-refractivity contribution in [1.29, 1.82) is 0 Å². The minimum Gasteiger partial charge on any atom is -0.300 e. The van der Waals surface area contributed by atoms with Gasteiger partial charge in [0.15, 0.2) is 0 Å². The molecule has 0 saturated carbocycles. The molecule has 0 bridgehead atoms. The van der Waals surface area contributed by atoms with Crippen molar-refractivity contribution in [3.63, 3.8) is 0 Å². The molecule has 2 aromatic rings. The number of rotatable bonds is 2. The molecule has 0 radical (unpaired) electrons. The molecule has 0 amide bonds. The summed E-state index contributed by atoms with van der Waals surface area (Å²) < 4.78 is 0. The number of ketones is 1. The van der Waals surface area contributed by atoms with Crippen molar-refractivity contribution in [3.05, 3.63) is 41.7 Å². The molecule has 2 heteroatoms. The number of carbonyl (C=O) groups is 1. The number of carbonyl (C=O) groups excluding carboxylic acids is 1. The molecule has 0 unspecified atom stereocenters. The predicted octanol–water partition coefficient (Wildman–Crippen LogP) is 2.67. The van der Waals surface area contributed by atoms with Gasteiger partial charge in [-0.25, -0.2) is 0 Å². The normalized spacial score (nSPS) is 10.5. The second-order valence-corrected chi connectivity index (χ2v) is 3.83. The van der Waals surface area contributed by atoms with Crippen LogP contribution in [0.5, 0.6) is 0 Å². The maximum atomic E-state index is 11.0. The highest BCUT2D eigenvalue weighted by Crippen LogP contribution is 2.18. The Bertz CT molecular complexity index is 517. The van der Waals surface area contributed by atoms with E-state index in [4.69, 9.17) is 0 Å². The minimum absolute atomic E-state index is 0.191. The van der Waals surface area contributed by atoms with Gasteiger partial charge in [-0.1, -0.05) is 12.1 Å². The molecule has 1 aromatic carbocycles. The lowest BCUT2D eigenvalue weighted by Gasteiger charge is -2.03. The zero-order valence-electron chi connectivity index (χ0n) is 8.95. The predicted molar refractivity (Wildman–Crippen MR) is 60.9 cm³/mol. The number of pyridine rings is 1. The summed E-state index contributed by atoms with van der Waals surface area (Å²) in [6, 6.07) is 8.09. The van der Waals surface area contributed by atoms with Crippen molar-refractivity contribution in [2.45, 2.75) is 20.3 Å². The fourth-order valence-corrected chi connectivity index (χ4v) is 1.76. The summed E-state index contributed by atoms with van der Waals surface area (Å²) >= 11 is 0. The van der Waals surface area contributed by atoms with Gasteiger partial charge >= 0.3 is 0 Å². The largest absolute Gasteiger partial charge is 0.300 e. The molecule has 2 nitrogen and oxygen atoms in total. The van der Waals surface area contributed by atoms with E-state index in [-0.39, 0.29) is 5.78 Å². The fourth-order valence-electron chi connectivity index (χ4n) is 1.76. The smallest absolute Gasteiger partial charge is 0.134 e. The molecule has 0 saturated heterocycles. The van der Waals surface area contributed by atoms with E-state index in [9.17, 15) is 4.79 Å². The maximum absolute atomic E-state index is 11.0. The van der Waals surface area contributed by atoms with Crippen LogP contribution in [0.4, 0.5) is 0 Å². The summed E-state index contributed by atoms with van der Waals surface area (Å²) in [5.41, 5.74) is 2.07. The van der Waals surface area contributed by atoms with Crippen LogP contribution in [0, 0.1) is 6.92 Å². The lowest BCUT2D eigenvalue weighted by Crippen LogP contribution is -1.96. The van der Waals surface area contributed by atoms with Crippen molar-refractivity contribution in [3.8, 4) is 0 Å². The van der Waals surface area contributed by atoms with Gasteiger partial charge in [0.25, 0.3) is 0 Å². The second kappa shape index (κ2) is 3.81. The second-order valence-electron chi connectivity index (χ2n) is 3.83. The zero-order valence-corrected chi connectivity index (χ0v) is 8.95. The summed E-state index contributed by atoms with van der Waals surface area (Å²) in [5.74, 6) is 0.191. The van der Waals surface area contributed by atoms with Crippen LogP contribution < -0.4 is 0 Å². The molecule has 2 rings (SSSR count). The highest BCUT2D eigenvalue weighted by atomic mass is 16.1. The number of hydrogen-bond acceptors (Lipinski definition) is 2. The van der Waals surface area contributed by atoms with Crippen LogP contribution in [0.3, 0.4) is 0 Å². The molecule has 76 valence electrons. The van der Waals surface area contributed by atoms with Gasteiger partial charge in [-0.05, 0) is 36.9 Å². The molecule has 0 fully saturated rings. The van der Waals surface area contributed by atoms with E-state index < -0.39 is 0 Å². The third-order valence-corrected chi connectivity index (χ3v) is 2.48. The van der Waals surface area contributed by atoms with E-state index >= 15 is 0 Å². The number of aryl methyl sites for hydroxylation is 1. The highest BCUT2D eigenvalue weighted by Gasteiger charge is 2.01. The molecule has 0 N–H and O–H groups in total. The summed E-state index contributed by atoms with van der Waals surface area (Å²) in [6.07, 6.45) is 2.31. The van der Waals surface area contributed by atoms with Gasteiger partial charge in [0, 0.05) is 23.7 Å². The number of nitrogens with zero attached hydrogens (tertiary/aromatic N) is 1. The molecule has 1 aromatic heterocycles. The van der Waals surface area contributed by atoms with E-state index in [1.54, 1.807) is 6.92 Å². The Morgan fingerprint density at radius 1 is 1.33 bits per heavy atom. The zero-order chi connectivity index (χ0) is 10.8. The van der Waals surface area contributed by atoms with Crippen LogP contribution in [0.1, 0.15) is 18.2 Å². The van der Waals surface area contributed by atoms with Crippen molar-refractivity contribution in [2.75, 3.05) is 0 Å². The van der Waals surface area contributed by atoms with Crippen molar-refractivity contribution < 1.29 is 4.79 Å². The maximum Gasteiger partial charge on any atom is 0.134 e. The molecule has 15 heavy (non-hydrogen) atoms. The molecular weight excluding hydrogens is 186 g/mol. The topological polar surface area (TPSA) is 30.0 Å². The molecule has 1 heterocycles. The van der Waals surface area contributed by atoms with Gasteiger partial charge in [0.1, 0.15) is 5.78 Å². The first-order valence-corrected chi connectivity index (χ1v) is 5.00. The van der Waals surface area contributed by atoms with Gasteiger partial charge in [0.05, 0.1) is 0 Å². The molecule has 0 atom stereocenters. The van der Waals surface area contributed by atoms with Gasteiger partial charge < -0.3 is 0 Å².